The van der Waals surface area contributed by atoms with Gasteiger partial charge in [0.2, 0.25) is 0 Å². The Balaban J connectivity index is 1.10. The van der Waals surface area contributed by atoms with Crippen molar-refractivity contribution in [1.82, 2.24) is 15.0 Å². The third-order valence-corrected chi connectivity index (χ3v) is 13.4. The predicted octanol–water partition coefficient (Wildman–Crippen LogP) is 16.1. The van der Waals surface area contributed by atoms with Crippen molar-refractivity contribution >= 4 is 64.9 Å². The maximum absolute atomic E-state index is 5.18. The van der Waals surface area contributed by atoms with Crippen LogP contribution in [0.4, 0.5) is 0 Å². The third kappa shape index (κ3) is 7.21. The molecule has 0 aliphatic carbocycles. The molecule has 0 atom stereocenters. The molecule has 63 heavy (non-hydrogen) atoms. The lowest BCUT2D eigenvalue weighted by atomic mass is 9.90. The summed E-state index contributed by atoms with van der Waals surface area (Å²) in [5, 5.41) is 8.77. The molecule has 298 valence electrons. The molecule has 9 aromatic carbocycles. The van der Waals surface area contributed by atoms with Crippen LogP contribution in [0.5, 0.6) is 0 Å². The van der Waals surface area contributed by atoms with E-state index in [1.807, 2.05) is 47.7 Å². The first kappa shape index (κ1) is 38.2. The van der Waals surface area contributed by atoms with Gasteiger partial charge >= 0.3 is 0 Å². The van der Waals surface area contributed by atoms with E-state index < -0.39 is 0 Å². The fourth-order valence-electron chi connectivity index (χ4n) is 8.89. The zero-order chi connectivity index (χ0) is 42.3. The zero-order valence-electron chi connectivity index (χ0n) is 34.8. The van der Waals surface area contributed by atoms with E-state index in [1.54, 1.807) is 0 Å². The molecule has 0 N–H and O–H groups in total. The van der Waals surface area contributed by atoms with Crippen LogP contribution in [-0.2, 0) is 0 Å². The smallest absolute Gasteiger partial charge is 0.164 e. The van der Waals surface area contributed by atoms with E-state index in [4.69, 9.17) is 21.5 Å². The summed E-state index contributed by atoms with van der Waals surface area (Å²) >= 11 is 1.85. The summed E-state index contributed by atoms with van der Waals surface area (Å²) in [4.78, 5) is 16.7. The van der Waals surface area contributed by atoms with Gasteiger partial charge < -0.3 is 0 Å². The van der Waals surface area contributed by atoms with Crippen LogP contribution in [0.1, 0.15) is 28.0 Å². The summed E-state index contributed by atoms with van der Waals surface area (Å²) in [6, 6.07) is 70.8. The lowest BCUT2D eigenvalue weighted by molar-refractivity contribution is 1.07. The molecular weight excluding hydrogens is 783 g/mol. The maximum Gasteiger partial charge on any atom is 0.164 e. The van der Waals surface area contributed by atoms with Crippen molar-refractivity contribution in [3.8, 4) is 45.3 Å². The van der Waals surface area contributed by atoms with Crippen LogP contribution in [0.3, 0.4) is 0 Å². The molecule has 0 amide bonds. The molecule has 2 heterocycles. The Morgan fingerprint density at radius 2 is 0.905 bits per heavy atom. The Kier molecular flexibility index (Phi) is 9.84. The first-order chi connectivity index (χ1) is 31.1. The maximum atomic E-state index is 5.18. The number of allylic oxidation sites excluding steroid dienone is 2. The van der Waals surface area contributed by atoms with Crippen LogP contribution >= 0.6 is 11.3 Å². The Labute approximate surface area is 371 Å². The van der Waals surface area contributed by atoms with E-state index in [0.29, 0.717) is 23.9 Å². The molecule has 0 bridgehead atoms. The molecule has 2 aromatic heterocycles. The molecule has 0 saturated carbocycles. The monoisotopic (exact) mass is 823 g/mol. The van der Waals surface area contributed by atoms with Gasteiger partial charge in [0.1, 0.15) is 0 Å². The Hall–Kier alpha value is -7.79. The zero-order valence-corrected chi connectivity index (χ0v) is 35.6. The van der Waals surface area contributed by atoms with Gasteiger partial charge in [-0.15, -0.1) is 11.3 Å². The van der Waals surface area contributed by atoms with Gasteiger partial charge in [-0.3, -0.25) is 0 Å². The molecule has 3 nitrogen and oxygen atoms in total. The SMILES string of the molecule is C=C(C/C=C(/c1ccccc1)c1sc2ccccc2c1C)c1cc(-c2ccc3c4ccccc4c4ccccc4c3c2)cc(-c2nc(-c3ccccc3)nc(-c3ccccc3)n2)c1. The van der Waals surface area contributed by atoms with Gasteiger partial charge in [0.15, 0.2) is 17.5 Å². The number of hydrogen-bond donors (Lipinski definition) is 0. The molecule has 0 spiro atoms. The van der Waals surface area contributed by atoms with Crippen LogP contribution in [0.25, 0.3) is 98.8 Å². The molecule has 0 aliphatic rings. The van der Waals surface area contributed by atoms with Gasteiger partial charge in [0.05, 0.1) is 0 Å². The molecule has 0 aliphatic heterocycles. The van der Waals surface area contributed by atoms with Gasteiger partial charge in [0.25, 0.3) is 0 Å². The van der Waals surface area contributed by atoms with Crippen LogP contribution in [0.15, 0.2) is 213 Å². The minimum Gasteiger partial charge on any atom is -0.208 e. The number of aromatic nitrogens is 3. The summed E-state index contributed by atoms with van der Waals surface area (Å²) in [6.45, 7) is 7.02. The van der Waals surface area contributed by atoms with Crippen molar-refractivity contribution in [2.75, 3.05) is 0 Å². The van der Waals surface area contributed by atoms with Crippen molar-refractivity contribution in [3.63, 3.8) is 0 Å². The summed E-state index contributed by atoms with van der Waals surface area (Å²) in [6.07, 6.45) is 3.01. The fourth-order valence-corrected chi connectivity index (χ4v) is 10.2. The summed E-state index contributed by atoms with van der Waals surface area (Å²) in [5.41, 5.74) is 10.7. The lowest BCUT2D eigenvalue weighted by Crippen LogP contribution is -2.01. The van der Waals surface area contributed by atoms with Crippen LogP contribution < -0.4 is 0 Å². The summed E-state index contributed by atoms with van der Waals surface area (Å²) in [7, 11) is 0. The largest absolute Gasteiger partial charge is 0.208 e. The van der Waals surface area contributed by atoms with E-state index in [0.717, 1.165) is 39.0 Å². The molecule has 0 unspecified atom stereocenters. The van der Waals surface area contributed by atoms with Crippen molar-refractivity contribution in [3.05, 3.63) is 234 Å². The number of benzene rings is 9. The first-order valence-corrected chi connectivity index (χ1v) is 22.2. The highest BCUT2D eigenvalue weighted by atomic mass is 32.1. The van der Waals surface area contributed by atoms with Gasteiger partial charge in [-0.25, -0.2) is 15.0 Å². The number of nitrogens with zero attached hydrogens (tertiary/aromatic N) is 3. The van der Waals surface area contributed by atoms with Crippen LogP contribution in [-0.4, -0.2) is 15.0 Å². The topological polar surface area (TPSA) is 38.7 Å². The van der Waals surface area contributed by atoms with E-state index in [1.165, 1.54) is 64.0 Å². The Morgan fingerprint density at radius 1 is 0.429 bits per heavy atom. The Morgan fingerprint density at radius 3 is 1.49 bits per heavy atom. The van der Waals surface area contributed by atoms with Crippen LogP contribution in [0.2, 0.25) is 0 Å². The fraction of sp³-hybridized carbons (Fsp3) is 0.0339. The minimum atomic E-state index is 0.609. The minimum absolute atomic E-state index is 0.609. The van der Waals surface area contributed by atoms with Crippen molar-refractivity contribution in [1.29, 1.82) is 0 Å². The molecule has 4 heteroatoms. The molecular formula is C59H41N3S. The molecule has 11 aromatic rings. The number of thiophene rings is 1. The van der Waals surface area contributed by atoms with E-state index in [2.05, 4.69) is 177 Å². The number of aryl methyl sites for hydroxylation is 1. The van der Waals surface area contributed by atoms with Gasteiger partial charge in [0, 0.05) is 26.3 Å². The van der Waals surface area contributed by atoms with E-state index >= 15 is 0 Å². The highest BCUT2D eigenvalue weighted by Crippen LogP contribution is 2.41. The standard InChI is InChI=1S/C59H41N3S/c1-38(30-32-48(40-18-6-3-7-19-40)56-39(2)47-24-16-17-29-55(47)63-56)44-34-45(43-31-33-53-51-27-13-12-25-49(51)50-26-14-15-28-52(50)54(53)37-43)36-46(35-44)59-61-57(41-20-8-4-9-21-41)60-58(62-59)42-22-10-5-11-23-42/h3-29,31-37H,1,30H2,2H3/b48-32-. The molecule has 0 fully saturated rings. The Bertz CT molecular complexity index is 3460. The lowest BCUT2D eigenvalue weighted by Gasteiger charge is -2.15. The van der Waals surface area contributed by atoms with Crippen molar-refractivity contribution in [2.45, 2.75) is 13.3 Å². The second kappa shape index (κ2) is 16.2. The second-order valence-electron chi connectivity index (χ2n) is 16.0. The number of hydrogen-bond acceptors (Lipinski definition) is 4. The van der Waals surface area contributed by atoms with Gasteiger partial charge in [-0.2, -0.15) is 0 Å². The first-order valence-electron chi connectivity index (χ1n) is 21.3. The van der Waals surface area contributed by atoms with Crippen molar-refractivity contribution < 1.29 is 0 Å². The highest BCUT2D eigenvalue weighted by Gasteiger charge is 2.18. The van der Waals surface area contributed by atoms with Gasteiger partial charge in [-0.1, -0.05) is 183 Å². The van der Waals surface area contributed by atoms with E-state index in [9.17, 15) is 0 Å². The van der Waals surface area contributed by atoms with Gasteiger partial charge in [-0.05, 0) is 120 Å². The molecule has 11 rings (SSSR count). The molecule has 0 saturated heterocycles. The van der Waals surface area contributed by atoms with Crippen LogP contribution in [0, 0.1) is 6.92 Å². The summed E-state index contributed by atoms with van der Waals surface area (Å²) in [5.74, 6) is 1.86. The number of rotatable bonds is 9. The predicted molar refractivity (Wildman–Crippen MR) is 268 cm³/mol. The average molecular weight is 824 g/mol. The van der Waals surface area contributed by atoms with E-state index in [-0.39, 0.29) is 0 Å². The molecule has 0 radical (unpaired) electrons. The second-order valence-corrected chi connectivity index (χ2v) is 17.1. The quantitative estimate of drug-likeness (QED) is 0.136. The number of fused-ring (bicyclic) bond motifs is 7. The average Bonchev–Trinajstić information content (AvgIpc) is 3.69. The normalized spacial score (nSPS) is 11.8. The highest BCUT2D eigenvalue weighted by molar-refractivity contribution is 7.20. The van der Waals surface area contributed by atoms with Crippen molar-refractivity contribution in [2.24, 2.45) is 0 Å². The third-order valence-electron chi connectivity index (χ3n) is 12.1. The summed E-state index contributed by atoms with van der Waals surface area (Å²) < 4.78 is 1.29.